The summed E-state index contributed by atoms with van der Waals surface area (Å²) in [5, 5.41) is 8.16. The molecule has 0 bridgehead atoms. The molecule has 0 aliphatic heterocycles. The van der Waals surface area contributed by atoms with Crippen molar-refractivity contribution in [1.82, 2.24) is 15.0 Å². The predicted octanol–water partition coefficient (Wildman–Crippen LogP) is 4.51. The molecule has 2 aromatic rings. The topological polar surface area (TPSA) is 57.0 Å². The molecule has 0 spiro atoms. The quantitative estimate of drug-likeness (QED) is 0.424. The Bertz CT molecular complexity index is 609. The Morgan fingerprint density at radius 1 is 1.04 bits per heavy atom. The zero-order chi connectivity index (χ0) is 17.0. The van der Waals surface area contributed by atoms with Crippen molar-refractivity contribution in [2.45, 2.75) is 71.3 Å². The average molecular weight is 331 g/mol. The van der Waals surface area contributed by atoms with Gasteiger partial charge in [-0.25, -0.2) is 4.68 Å². The Kier molecular flexibility index (Phi) is 8.28. The van der Waals surface area contributed by atoms with Gasteiger partial charge in [0.05, 0.1) is 25.1 Å². The first-order valence-corrected chi connectivity index (χ1v) is 9.25. The molecule has 0 aliphatic carbocycles. The number of esters is 1. The van der Waals surface area contributed by atoms with Crippen molar-refractivity contribution in [3.63, 3.8) is 0 Å². The number of carbonyl (C=O) groups is 1. The molecule has 24 heavy (non-hydrogen) atoms. The summed E-state index contributed by atoms with van der Waals surface area (Å²) >= 11 is 0. The third-order valence-electron chi connectivity index (χ3n) is 4.21. The molecule has 0 amide bonds. The van der Waals surface area contributed by atoms with E-state index in [-0.39, 0.29) is 5.97 Å². The lowest BCUT2D eigenvalue weighted by Gasteiger charge is -2.05. The normalized spacial score (nSPS) is 11.0. The van der Waals surface area contributed by atoms with Gasteiger partial charge in [-0.3, -0.25) is 4.79 Å². The van der Waals surface area contributed by atoms with Gasteiger partial charge >= 0.3 is 5.97 Å². The average Bonchev–Trinajstić information content (AvgIpc) is 3.02. The molecule has 0 N–H and O–H groups in total. The minimum atomic E-state index is -0.155. The van der Waals surface area contributed by atoms with Crippen molar-refractivity contribution in [2.24, 2.45) is 0 Å². The third kappa shape index (κ3) is 6.30. The lowest BCUT2D eigenvalue weighted by Crippen LogP contribution is -2.11. The van der Waals surface area contributed by atoms with E-state index in [0.29, 0.717) is 19.6 Å². The van der Waals surface area contributed by atoms with E-state index in [1.165, 1.54) is 38.5 Å². The van der Waals surface area contributed by atoms with Crippen LogP contribution in [0.4, 0.5) is 0 Å². The maximum Gasteiger partial charge on any atom is 0.307 e. The van der Waals surface area contributed by atoms with Gasteiger partial charge in [0.25, 0.3) is 0 Å². The molecule has 1 heterocycles. The monoisotopic (exact) mass is 331 g/mol. The van der Waals surface area contributed by atoms with E-state index in [0.717, 1.165) is 23.9 Å². The highest BCUT2D eigenvalue weighted by molar-refractivity contribution is 5.74. The molecule has 1 aromatic heterocycles. The molecule has 0 aliphatic rings. The Balaban J connectivity index is 1.53. The maximum absolute atomic E-state index is 11.8. The second-order valence-corrected chi connectivity index (χ2v) is 6.25. The van der Waals surface area contributed by atoms with Crippen molar-refractivity contribution in [1.29, 1.82) is 0 Å². The smallest absolute Gasteiger partial charge is 0.307 e. The van der Waals surface area contributed by atoms with E-state index in [4.69, 9.17) is 4.74 Å². The summed E-state index contributed by atoms with van der Waals surface area (Å²) in [7, 11) is 0. The molecule has 0 atom stereocenters. The number of rotatable bonds is 12. The maximum atomic E-state index is 11.8. The largest absolute Gasteiger partial charge is 0.466 e. The van der Waals surface area contributed by atoms with Crippen molar-refractivity contribution in [2.75, 3.05) is 6.61 Å². The Hall–Kier alpha value is -1.91. The molecule has 0 saturated carbocycles. The van der Waals surface area contributed by atoms with Crippen LogP contribution in [0.2, 0.25) is 0 Å². The Morgan fingerprint density at radius 3 is 2.54 bits per heavy atom. The number of nitrogens with zero attached hydrogens (tertiary/aromatic N) is 3. The van der Waals surface area contributed by atoms with Crippen LogP contribution in [-0.2, 0) is 16.1 Å². The number of para-hydroxylation sites is 1. The number of carbonyl (C=O) groups excluding carboxylic acids is 1. The fourth-order valence-electron chi connectivity index (χ4n) is 2.77. The standard InChI is InChI=1S/C19H29N3O2/c1-2-3-4-5-6-7-8-11-16-24-19(23)14-15-22-18-13-10-9-12-17(18)20-21-22/h9-10,12-13H,2-8,11,14-16H2,1H3. The zero-order valence-corrected chi connectivity index (χ0v) is 14.7. The molecule has 0 saturated heterocycles. The van der Waals surface area contributed by atoms with Crippen molar-refractivity contribution >= 4 is 17.0 Å². The minimum absolute atomic E-state index is 0.155. The van der Waals surface area contributed by atoms with Gasteiger partial charge in [0, 0.05) is 0 Å². The van der Waals surface area contributed by atoms with Crippen molar-refractivity contribution in [3.05, 3.63) is 24.3 Å². The summed E-state index contributed by atoms with van der Waals surface area (Å²) in [6.45, 7) is 3.28. The van der Waals surface area contributed by atoms with Crippen LogP contribution >= 0.6 is 0 Å². The number of hydrogen-bond acceptors (Lipinski definition) is 4. The first-order chi connectivity index (χ1) is 11.8. The summed E-state index contributed by atoms with van der Waals surface area (Å²) < 4.78 is 7.05. The van der Waals surface area contributed by atoms with E-state index in [9.17, 15) is 4.79 Å². The molecule has 5 heteroatoms. The number of unbranched alkanes of at least 4 members (excludes halogenated alkanes) is 7. The van der Waals surface area contributed by atoms with Gasteiger partial charge in [-0.05, 0) is 18.6 Å². The lowest BCUT2D eigenvalue weighted by molar-refractivity contribution is -0.144. The van der Waals surface area contributed by atoms with Gasteiger partial charge in [0.2, 0.25) is 0 Å². The zero-order valence-electron chi connectivity index (χ0n) is 14.7. The van der Waals surface area contributed by atoms with Crippen LogP contribution < -0.4 is 0 Å². The molecule has 0 radical (unpaired) electrons. The second kappa shape index (κ2) is 10.8. The lowest BCUT2D eigenvalue weighted by atomic mass is 10.1. The Morgan fingerprint density at radius 2 is 1.75 bits per heavy atom. The number of aryl methyl sites for hydroxylation is 1. The number of hydrogen-bond donors (Lipinski definition) is 0. The number of ether oxygens (including phenoxy) is 1. The Labute approximate surface area is 144 Å². The number of fused-ring (bicyclic) bond motifs is 1. The molecule has 5 nitrogen and oxygen atoms in total. The molecule has 1 aromatic carbocycles. The fraction of sp³-hybridized carbons (Fsp3) is 0.632. The van der Waals surface area contributed by atoms with Crippen LogP contribution in [0, 0.1) is 0 Å². The van der Waals surface area contributed by atoms with E-state index in [2.05, 4.69) is 17.2 Å². The van der Waals surface area contributed by atoms with Gasteiger partial charge in [-0.1, -0.05) is 69.2 Å². The van der Waals surface area contributed by atoms with Crippen LogP contribution in [0.25, 0.3) is 11.0 Å². The van der Waals surface area contributed by atoms with E-state index in [1.807, 2.05) is 24.3 Å². The van der Waals surface area contributed by atoms with Crippen LogP contribution in [0.5, 0.6) is 0 Å². The summed E-state index contributed by atoms with van der Waals surface area (Å²) in [5.41, 5.74) is 1.80. The SMILES string of the molecule is CCCCCCCCCCOC(=O)CCn1nnc2ccccc21. The van der Waals surface area contributed by atoms with E-state index < -0.39 is 0 Å². The molecule has 0 fully saturated rings. The van der Waals surface area contributed by atoms with Gasteiger partial charge < -0.3 is 4.74 Å². The second-order valence-electron chi connectivity index (χ2n) is 6.25. The summed E-state index contributed by atoms with van der Waals surface area (Å²) in [6, 6.07) is 7.75. The molecular weight excluding hydrogens is 302 g/mol. The van der Waals surface area contributed by atoms with Crippen LogP contribution in [0.1, 0.15) is 64.7 Å². The van der Waals surface area contributed by atoms with Crippen LogP contribution in [0.3, 0.4) is 0 Å². The van der Waals surface area contributed by atoms with Crippen LogP contribution in [-0.4, -0.2) is 27.6 Å². The van der Waals surface area contributed by atoms with Crippen molar-refractivity contribution in [3.8, 4) is 0 Å². The van der Waals surface area contributed by atoms with Gasteiger partial charge in [-0.2, -0.15) is 0 Å². The highest BCUT2D eigenvalue weighted by atomic mass is 16.5. The van der Waals surface area contributed by atoms with Crippen LogP contribution in [0.15, 0.2) is 24.3 Å². The summed E-state index contributed by atoms with van der Waals surface area (Å²) in [5.74, 6) is -0.155. The highest BCUT2D eigenvalue weighted by Crippen LogP contribution is 2.11. The molecule has 0 unspecified atom stereocenters. The molecule has 2 rings (SSSR count). The number of benzene rings is 1. The molecule has 132 valence electrons. The van der Waals surface area contributed by atoms with E-state index in [1.54, 1.807) is 4.68 Å². The van der Waals surface area contributed by atoms with Crippen molar-refractivity contribution < 1.29 is 9.53 Å². The van der Waals surface area contributed by atoms with Gasteiger partial charge in [-0.15, -0.1) is 5.10 Å². The predicted molar refractivity (Wildman–Crippen MR) is 95.7 cm³/mol. The highest BCUT2D eigenvalue weighted by Gasteiger charge is 2.07. The first-order valence-electron chi connectivity index (χ1n) is 9.25. The van der Waals surface area contributed by atoms with Gasteiger partial charge in [0.15, 0.2) is 0 Å². The van der Waals surface area contributed by atoms with Gasteiger partial charge in [0.1, 0.15) is 5.52 Å². The summed E-state index contributed by atoms with van der Waals surface area (Å²) in [4.78, 5) is 11.8. The number of aromatic nitrogens is 3. The third-order valence-corrected chi connectivity index (χ3v) is 4.21. The van der Waals surface area contributed by atoms with E-state index >= 15 is 0 Å². The fourth-order valence-corrected chi connectivity index (χ4v) is 2.77. The molecular formula is C19H29N3O2. The summed E-state index contributed by atoms with van der Waals surface area (Å²) in [6.07, 6.45) is 10.3. The minimum Gasteiger partial charge on any atom is -0.466 e. The first kappa shape index (κ1) is 18.4.